The number of carbonyl (C=O) groups is 1. The van der Waals surface area contributed by atoms with Crippen LogP contribution in [0.15, 0.2) is 41.2 Å². The number of amides is 1. The summed E-state index contributed by atoms with van der Waals surface area (Å²) in [7, 11) is 0. The van der Waals surface area contributed by atoms with Crippen LogP contribution in [-0.4, -0.2) is 44.8 Å². The molecule has 0 N–H and O–H groups in total. The Kier molecular flexibility index (Phi) is 5.96. The number of ether oxygens (including phenoxy) is 1. The van der Waals surface area contributed by atoms with Gasteiger partial charge in [-0.2, -0.15) is 13.8 Å². The van der Waals surface area contributed by atoms with E-state index in [1.165, 1.54) is 0 Å². The summed E-state index contributed by atoms with van der Waals surface area (Å²) >= 11 is 0. The van der Waals surface area contributed by atoms with Crippen molar-refractivity contribution in [2.45, 2.75) is 82.2 Å². The quantitative estimate of drug-likeness (QED) is 0.296. The van der Waals surface area contributed by atoms with E-state index in [0.717, 1.165) is 55.3 Å². The first-order valence-electron chi connectivity index (χ1n) is 14.3. The SMILES string of the molecule is CCOc1ncc(-c2cccc(N(CC34CCC(c5noc(C(F)F)n5)(CC3)CC4)C(=O)C34CC(F)(C3)C4)c2)cn1. The molecular formula is C30H32F3N5O3. The highest BCUT2D eigenvalue weighted by Gasteiger charge is 2.73. The zero-order valence-corrected chi connectivity index (χ0v) is 22.9. The number of carbonyl (C=O) groups excluding carboxylic acids is 1. The molecule has 216 valence electrons. The number of nitrogens with zero attached hydrogens (tertiary/aromatic N) is 5. The smallest absolute Gasteiger partial charge is 0.316 e. The fourth-order valence-corrected chi connectivity index (χ4v) is 7.69. The molecule has 0 spiro atoms. The Bertz CT molecular complexity index is 1430. The van der Waals surface area contributed by atoms with Gasteiger partial charge in [-0.25, -0.2) is 14.4 Å². The first kappa shape index (κ1) is 26.4. The van der Waals surface area contributed by atoms with Crippen molar-refractivity contribution < 1.29 is 27.2 Å². The van der Waals surface area contributed by atoms with Crippen molar-refractivity contribution in [1.82, 2.24) is 20.1 Å². The number of aromatic nitrogens is 4. The Labute approximate surface area is 235 Å². The number of fused-ring (bicyclic) bond motifs is 3. The fraction of sp³-hybridized carbons (Fsp3) is 0.567. The summed E-state index contributed by atoms with van der Waals surface area (Å²) in [6.07, 6.45) is 6.21. The van der Waals surface area contributed by atoms with Crippen LogP contribution in [0.25, 0.3) is 11.1 Å². The molecule has 0 atom stereocenters. The maximum Gasteiger partial charge on any atom is 0.316 e. The molecule has 1 aromatic carbocycles. The van der Waals surface area contributed by atoms with Gasteiger partial charge in [0, 0.05) is 35.6 Å². The van der Waals surface area contributed by atoms with Gasteiger partial charge in [0.1, 0.15) is 5.67 Å². The number of hydrogen-bond acceptors (Lipinski definition) is 7. The summed E-state index contributed by atoms with van der Waals surface area (Å²) < 4.78 is 50.9. The van der Waals surface area contributed by atoms with Crippen LogP contribution in [0.4, 0.5) is 18.9 Å². The molecule has 0 saturated heterocycles. The van der Waals surface area contributed by atoms with Crippen LogP contribution in [-0.2, 0) is 10.2 Å². The highest BCUT2D eigenvalue weighted by atomic mass is 19.3. The van der Waals surface area contributed by atoms with Crippen LogP contribution in [0.2, 0.25) is 0 Å². The highest BCUT2D eigenvalue weighted by Crippen LogP contribution is 2.70. The summed E-state index contributed by atoms with van der Waals surface area (Å²) in [5.41, 5.74) is 0.161. The predicted octanol–water partition coefficient (Wildman–Crippen LogP) is 6.38. The van der Waals surface area contributed by atoms with E-state index < -0.39 is 23.4 Å². The second-order valence-electron chi connectivity index (χ2n) is 12.6. The fourth-order valence-electron chi connectivity index (χ4n) is 7.69. The third-order valence-electron chi connectivity index (χ3n) is 10.1. The van der Waals surface area contributed by atoms with Crippen molar-refractivity contribution in [1.29, 1.82) is 0 Å². The minimum atomic E-state index is -2.79. The summed E-state index contributed by atoms with van der Waals surface area (Å²) in [5.74, 6) is -0.259. The van der Waals surface area contributed by atoms with E-state index in [9.17, 15) is 18.0 Å². The van der Waals surface area contributed by atoms with E-state index in [1.54, 1.807) is 12.4 Å². The third kappa shape index (κ3) is 4.30. The van der Waals surface area contributed by atoms with Gasteiger partial charge in [-0.05, 0) is 87.8 Å². The summed E-state index contributed by atoms with van der Waals surface area (Å²) in [4.78, 5) is 28.6. The molecule has 8 nitrogen and oxygen atoms in total. The van der Waals surface area contributed by atoms with Crippen LogP contribution in [0, 0.1) is 10.8 Å². The molecule has 6 saturated carbocycles. The zero-order chi connectivity index (χ0) is 28.5. The first-order valence-corrected chi connectivity index (χ1v) is 14.3. The van der Waals surface area contributed by atoms with Crippen molar-refractivity contribution in [2.75, 3.05) is 18.1 Å². The largest absolute Gasteiger partial charge is 0.464 e. The maximum absolute atomic E-state index is 14.5. The number of halogens is 3. The molecule has 6 aliphatic rings. The number of benzene rings is 1. The third-order valence-corrected chi connectivity index (χ3v) is 10.1. The van der Waals surface area contributed by atoms with Gasteiger partial charge < -0.3 is 14.2 Å². The van der Waals surface area contributed by atoms with E-state index in [0.29, 0.717) is 44.2 Å². The van der Waals surface area contributed by atoms with Gasteiger partial charge in [-0.1, -0.05) is 17.3 Å². The van der Waals surface area contributed by atoms with Crippen molar-refractivity contribution in [3.63, 3.8) is 0 Å². The molecule has 6 aliphatic carbocycles. The summed E-state index contributed by atoms with van der Waals surface area (Å²) in [6.45, 7) is 2.87. The highest BCUT2D eigenvalue weighted by molar-refractivity contribution is 6.00. The molecule has 0 radical (unpaired) electrons. The number of rotatable bonds is 9. The molecule has 9 rings (SSSR count). The Morgan fingerprint density at radius 3 is 2.32 bits per heavy atom. The van der Waals surface area contributed by atoms with Crippen molar-refractivity contribution in [3.8, 4) is 17.1 Å². The van der Waals surface area contributed by atoms with Gasteiger partial charge in [-0.3, -0.25) is 4.79 Å². The topological polar surface area (TPSA) is 94.2 Å². The van der Waals surface area contributed by atoms with E-state index in [-0.39, 0.29) is 16.7 Å². The lowest BCUT2D eigenvalue weighted by atomic mass is 9.41. The summed E-state index contributed by atoms with van der Waals surface area (Å²) in [5, 5.41) is 3.92. The molecule has 4 bridgehead atoms. The van der Waals surface area contributed by atoms with E-state index in [2.05, 4.69) is 20.1 Å². The minimum Gasteiger partial charge on any atom is -0.464 e. The number of alkyl halides is 3. The molecule has 0 unspecified atom stereocenters. The zero-order valence-electron chi connectivity index (χ0n) is 22.9. The van der Waals surface area contributed by atoms with Gasteiger partial charge >= 0.3 is 12.4 Å². The Morgan fingerprint density at radius 1 is 1.05 bits per heavy atom. The average Bonchev–Trinajstić information content (AvgIpc) is 3.47. The molecular weight excluding hydrogens is 535 g/mol. The lowest BCUT2D eigenvalue weighted by Gasteiger charge is -2.65. The normalized spacial score (nSPS) is 31.4. The Balaban J connectivity index is 1.15. The molecule has 2 aromatic heterocycles. The second-order valence-corrected chi connectivity index (χ2v) is 12.6. The summed E-state index contributed by atoms with van der Waals surface area (Å²) in [6, 6.07) is 8.09. The number of hydrogen-bond donors (Lipinski definition) is 0. The molecule has 1 amide bonds. The molecule has 3 aromatic rings. The maximum atomic E-state index is 14.5. The Morgan fingerprint density at radius 2 is 1.73 bits per heavy atom. The Hall–Kier alpha value is -3.50. The van der Waals surface area contributed by atoms with E-state index in [1.807, 2.05) is 36.1 Å². The van der Waals surface area contributed by atoms with E-state index >= 15 is 0 Å². The molecule has 41 heavy (non-hydrogen) atoms. The lowest BCUT2D eigenvalue weighted by Crippen LogP contribution is -2.71. The molecule has 0 aliphatic heterocycles. The molecule has 2 heterocycles. The van der Waals surface area contributed by atoms with Crippen LogP contribution >= 0.6 is 0 Å². The van der Waals surface area contributed by atoms with Crippen molar-refractivity contribution in [2.24, 2.45) is 10.8 Å². The van der Waals surface area contributed by atoms with Crippen LogP contribution in [0.3, 0.4) is 0 Å². The molecule has 6 fully saturated rings. The van der Waals surface area contributed by atoms with Gasteiger partial charge in [0.25, 0.3) is 5.89 Å². The lowest BCUT2D eigenvalue weighted by molar-refractivity contribution is -0.211. The van der Waals surface area contributed by atoms with Crippen molar-refractivity contribution >= 4 is 11.6 Å². The predicted molar refractivity (Wildman–Crippen MR) is 142 cm³/mol. The van der Waals surface area contributed by atoms with Crippen LogP contribution in [0.5, 0.6) is 6.01 Å². The standard InChI is InChI=1S/C30H32F3N5O3/c1-2-40-26-34-13-20(14-35-26)19-4-3-5-21(12-19)38(25(39)29-15-30(33,16-29)17-29)18-27-6-9-28(10-7-27,11-8-27)24-36-23(22(31)32)41-37-24/h3-5,12-14,22H,2,6-11,15-18H2,1H3. The molecule has 11 heteroatoms. The monoisotopic (exact) mass is 567 g/mol. The van der Waals surface area contributed by atoms with Gasteiger partial charge in [0.2, 0.25) is 5.91 Å². The van der Waals surface area contributed by atoms with E-state index in [4.69, 9.17) is 9.26 Å². The van der Waals surface area contributed by atoms with Crippen LogP contribution < -0.4 is 9.64 Å². The first-order chi connectivity index (χ1) is 19.7. The minimum absolute atomic E-state index is 0.00588. The average molecular weight is 568 g/mol. The van der Waals surface area contributed by atoms with Crippen LogP contribution in [0.1, 0.15) is 82.9 Å². The van der Waals surface area contributed by atoms with Gasteiger partial charge in [-0.15, -0.1) is 0 Å². The number of anilines is 1. The van der Waals surface area contributed by atoms with Gasteiger partial charge in [0.15, 0.2) is 5.82 Å². The second kappa shape index (κ2) is 9.25. The van der Waals surface area contributed by atoms with Gasteiger partial charge in [0.05, 0.1) is 12.0 Å². The van der Waals surface area contributed by atoms with Crippen molar-refractivity contribution in [3.05, 3.63) is 48.4 Å².